The van der Waals surface area contributed by atoms with Crippen molar-refractivity contribution in [2.75, 3.05) is 6.54 Å². The molecule has 0 radical (unpaired) electrons. The van der Waals surface area contributed by atoms with Gasteiger partial charge in [-0.25, -0.2) is 15.0 Å². The average molecular weight is 712 g/mol. The highest BCUT2D eigenvalue weighted by Crippen LogP contribution is 2.45. The number of hydrogen-bond donors (Lipinski definition) is 2. The molecule has 50 heavy (non-hydrogen) atoms. The van der Waals surface area contributed by atoms with Crippen molar-refractivity contribution in [3.8, 4) is 11.5 Å². The molecule has 5 aromatic rings. The van der Waals surface area contributed by atoms with Crippen molar-refractivity contribution in [2.45, 2.75) is 95.4 Å². The number of nitrogens with one attached hydrogen (secondary N) is 1. The Hall–Kier alpha value is -3.99. The summed E-state index contributed by atoms with van der Waals surface area (Å²) in [4.78, 5) is 44.2. The Morgan fingerprint density at radius 3 is 2.64 bits per heavy atom. The number of aryl methyl sites for hydroxylation is 2. The number of benzene rings is 1. The molecule has 4 aliphatic rings. The Bertz CT molecular complexity index is 2190. The fraction of sp³-hybridized carbons (Fsp3) is 0.447. The number of aromatic nitrogens is 5. The Morgan fingerprint density at radius 2 is 1.80 bits per heavy atom. The van der Waals surface area contributed by atoms with Gasteiger partial charge in [0.15, 0.2) is 5.82 Å². The molecule has 2 aliphatic heterocycles. The van der Waals surface area contributed by atoms with E-state index in [0.717, 1.165) is 97.2 Å². The Balaban J connectivity index is 1.12. The highest BCUT2D eigenvalue weighted by molar-refractivity contribution is 6.35. The zero-order valence-corrected chi connectivity index (χ0v) is 29.6. The van der Waals surface area contributed by atoms with Gasteiger partial charge in [0.1, 0.15) is 10.8 Å². The number of hydrogen-bond acceptors (Lipinski definition) is 6. The van der Waals surface area contributed by atoms with E-state index in [2.05, 4.69) is 31.6 Å². The van der Waals surface area contributed by atoms with E-state index in [0.29, 0.717) is 45.9 Å². The maximum absolute atomic E-state index is 14.0. The maximum atomic E-state index is 14.0. The third-order valence-electron chi connectivity index (χ3n) is 11.3. The van der Waals surface area contributed by atoms with Crippen molar-refractivity contribution >= 4 is 57.1 Å². The van der Waals surface area contributed by atoms with Gasteiger partial charge in [-0.3, -0.25) is 9.59 Å². The number of carbonyl (C=O) groups excluding carboxylic acids is 2. The first-order valence-corrected chi connectivity index (χ1v) is 18.7. The average Bonchev–Trinajstić information content (AvgIpc) is 3.57. The summed E-state index contributed by atoms with van der Waals surface area (Å²) < 4.78 is 4.55. The first kappa shape index (κ1) is 32.0. The number of fused-ring (bicyclic) bond motifs is 5. The molecule has 258 valence electrons. The Morgan fingerprint density at radius 1 is 0.960 bits per heavy atom. The van der Waals surface area contributed by atoms with Crippen LogP contribution in [0.2, 0.25) is 10.2 Å². The van der Waals surface area contributed by atoms with Crippen LogP contribution in [-0.4, -0.2) is 59.4 Å². The van der Waals surface area contributed by atoms with Crippen LogP contribution in [0.15, 0.2) is 42.5 Å². The van der Waals surface area contributed by atoms with Gasteiger partial charge in [0.05, 0.1) is 44.7 Å². The molecule has 1 aromatic carbocycles. The van der Waals surface area contributed by atoms with Gasteiger partial charge in [-0.05, 0) is 107 Å². The number of likely N-dealkylation sites (tertiary alicyclic amines) is 1. The zero-order valence-electron chi connectivity index (χ0n) is 28.0. The standard InChI is InChI=1S/C38H40Cl2N8O2/c1-20-29-12-7-22-18-32(46(35(22)44-29)14-4-2-3-5-30-26(37(49)42-20)11-13-33(40)43-30)36-45-31-17-23(16-27(39)34(31)48(36)24-9-10-24)38(50)47-19-28(41)21-6-8-25(47)15-21/h7,11-13,16-18,20-21,24-25,28H,2-6,8-10,14-15,19,41H2,1H3,(H,42,49)/t20-,21-,25+,28+/m1/s1. The highest BCUT2D eigenvalue weighted by atomic mass is 35.5. The predicted octanol–water partition coefficient (Wildman–Crippen LogP) is 7.26. The van der Waals surface area contributed by atoms with Crippen LogP contribution in [0.3, 0.4) is 0 Å². The monoisotopic (exact) mass is 710 g/mol. The van der Waals surface area contributed by atoms with Crippen molar-refractivity contribution in [2.24, 2.45) is 11.7 Å². The smallest absolute Gasteiger partial charge is 0.254 e. The molecular weight excluding hydrogens is 671 g/mol. The number of nitrogens with zero attached hydrogens (tertiary/aromatic N) is 6. The van der Waals surface area contributed by atoms with Gasteiger partial charge in [0.25, 0.3) is 11.8 Å². The summed E-state index contributed by atoms with van der Waals surface area (Å²) in [7, 11) is 0. The van der Waals surface area contributed by atoms with E-state index in [1.54, 1.807) is 12.1 Å². The molecule has 3 fully saturated rings. The van der Waals surface area contributed by atoms with Gasteiger partial charge in [0.2, 0.25) is 0 Å². The number of rotatable bonds is 3. The number of imidazole rings is 1. The third kappa shape index (κ3) is 5.47. The Kier molecular flexibility index (Phi) is 7.89. The second-order valence-corrected chi connectivity index (χ2v) is 15.5. The molecule has 4 atom stereocenters. The molecule has 2 amide bonds. The number of carbonyl (C=O) groups is 2. The fourth-order valence-electron chi connectivity index (χ4n) is 8.53. The summed E-state index contributed by atoms with van der Waals surface area (Å²) in [6, 6.07) is 13.6. The van der Waals surface area contributed by atoms with Crippen LogP contribution in [0.4, 0.5) is 0 Å². The van der Waals surface area contributed by atoms with Crippen molar-refractivity contribution in [3.05, 3.63) is 75.2 Å². The molecule has 12 heteroatoms. The van der Waals surface area contributed by atoms with Crippen LogP contribution < -0.4 is 11.1 Å². The van der Waals surface area contributed by atoms with Crippen LogP contribution in [0, 0.1) is 5.92 Å². The van der Waals surface area contributed by atoms with Crippen LogP contribution in [0.25, 0.3) is 33.6 Å². The number of amides is 2. The van der Waals surface area contributed by atoms with E-state index in [1.807, 2.05) is 30.0 Å². The van der Waals surface area contributed by atoms with Gasteiger partial charge in [-0.15, -0.1) is 0 Å². The summed E-state index contributed by atoms with van der Waals surface area (Å²) in [6.45, 7) is 3.28. The summed E-state index contributed by atoms with van der Waals surface area (Å²) in [5.41, 5.74) is 12.5. The van der Waals surface area contributed by atoms with E-state index in [4.69, 9.17) is 38.9 Å². The molecule has 9 rings (SSSR count). The number of halogens is 2. The van der Waals surface area contributed by atoms with Crippen molar-refractivity contribution in [1.29, 1.82) is 0 Å². The molecule has 4 bridgehead atoms. The van der Waals surface area contributed by atoms with E-state index in [9.17, 15) is 9.59 Å². The summed E-state index contributed by atoms with van der Waals surface area (Å²) >= 11 is 13.3. The van der Waals surface area contributed by atoms with E-state index in [-0.39, 0.29) is 36.0 Å². The lowest BCUT2D eigenvalue weighted by molar-refractivity contribution is 0.0603. The molecule has 0 spiro atoms. The summed E-state index contributed by atoms with van der Waals surface area (Å²) in [5.74, 6) is 1.14. The summed E-state index contributed by atoms with van der Waals surface area (Å²) in [5, 5.41) is 5.06. The van der Waals surface area contributed by atoms with E-state index < -0.39 is 0 Å². The van der Waals surface area contributed by atoms with Crippen molar-refractivity contribution in [3.63, 3.8) is 0 Å². The highest BCUT2D eigenvalue weighted by Gasteiger charge is 2.41. The molecule has 4 aromatic heterocycles. The van der Waals surface area contributed by atoms with Crippen molar-refractivity contribution in [1.82, 2.24) is 34.3 Å². The normalized spacial score (nSPS) is 24.1. The molecule has 1 saturated heterocycles. The van der Waals surface area contributed by atoms with Gasteiger partial charge < -0.3 is 25.1 Å². The van der Waals surface area contributed by atoms with Gasteiger partial charge in [0, 0.05) is 42.2 Å². The largest absolute Gasteiger partial charge is 0.344 e. The molecule has 2 saturated carbocycles. The lowest BCUT2D eigenvalue weighted by atomic mass is 9.94. The number of nitrogens with two attached hydrogens (primary N) is 1. The molecule has 2 aliphatic carbocycles. The first-order chi connectivity index (χ1) is 24.2. The summed E-state index contributed by atoms with van der Waals surface area (Å²) in [6.07, 6.45) is 8.53. The molecule has 10 nitrogen and oxygen atoms in total. The van der Waals surface area contributed by atoms with Crippen LogP contribution in [0.1, 0.15) is 102 Å². The topological polar surface area (TPSA) is 124 Å². The van der Waals surface area contributed by atoms with Crippen LogP contribution >= 0.6 is 23.2 Å². The minimum Gasteiger partial charge on any atom is -0.344 e. The lowest BCUT2D eigenvalue weighted by Crippen LogP contribution is -2.51. The molecule has 0 unspecified atom stereocenters. The van der Waals surface area contributed by atoms with Gasteiger partial charge in [-0.1, -0.05) is 29.6 Å². The van der Waals surface area contributed by atoms with E-state index >= 15 is 0 Å². The number of pyridine rings is 2. The first-order valence-electron chi connectivity index (χ1n) is 18.0. The SMILES string of the molecule is C[C@H]1NC(=O)c2ccc(Cl)nc2CCCCCn2c(-c3nc4cc(C(=O)N5C[C@H](N)[C@@H]6CC[C@H]5C6)cc(Cl)c4n3C3CC3)cc3ccc1nc32. The minimum absolute atomic E-state index is 0.0155. The second kappa shape index (κ2) is 12.4. The quantitative estimate of drug-likeness (QED) is 0.190. The molecule has 3 N–H and O–H groups in total. The lowest BCUT2D eigenvalue weighted by Gasteiger charge is -2.37. The van der Waals surface area contributed by atoms with Crippen LogP contribution in [0.5, 0.6) is 0 Å². The maximum Gasteiger partial charge on any atom is 0.254 e. The second-order valence-electron chi connectivity index (χ2n) is 14.7. The molecule has 6 heterocycles. The van der Waals surface area contributed by atoms with Gasteiger partial charge >= 0.3 is 0 Å². The predicted molar refractivity (Wildman–Crippen MR) is 195 cm³/mol. The van der Waals surface area contributed by atoms with Gasteiger partial charge in [-0.2, -0.15) is 0 Å². The molecular formula is C38H40Cl2N8O2. The number of piperidine rings is 1. The van der Waals surface area contributed by atoms with Crippen LogP contribution in [-0.2, 0) is 13.0 Å². The zero-order chi connectivity index (χ0) is 34.3. The minimum atomic E-state index is -0.333. The van der Waals surface area contributed by atoms with E-state index in [1.165, 1.54) is 0 Å². The third-order valence-corrected chi connectivity index (χ3v) is 11.8. The fourth-order valence-corrected chi connectivity index (χ4v) is 9.00. The Labute approximate surface area is 300 Å². The van der Waals surface area contributed by atoms with Crippen molar-refractivity contribution < 1.29 is 9.59 Å².